The maximum Gasteiger partial charge on any atom is 0.222 e. The Bertz CT molecular complexity index is 473. The minimum Gasteiger partial charge on any atom is -0.492 e. The Morgan fingerprint density at radius 2 is 2.14 bits per heavy atom. The molecule has 0 unspecified atom stereocenters. The molecule has 1 aromatic carbocycles. The third kappa shape index (κ3) is 5.00. The van der Waals surface area contributed by atoms with Crippen molar-refractivity contribution in [2.75, 3.05) is 32.9 Å². The highest BCUT2D eigenvalue weighted by Crippen LogP contribution is 2.26. The number of aryl methyl sites for hydroxylation is 1. The van der Waals surface area contributed by atoms with Crippen LogP contribution in [0.5, 0.6) is 5.75 Å². The summed E-state index contributed by atoms with van der Waals surface area (Å²) in [6.45, 7) is 5.41. The number of benzene rings is 1. The summed E-state index contributed by atoms with van der Waals surface area (Å²) in [5.74, 6) is 1.04. The van der Waals surface area contributed by atoms with Crippen molar-refractivity contribution in [1.82, 2.24) is 4.90 Å². The Hall–Kier alpha value is -1.07. The maximum absolute atomic E-state index is 12.0. The molecule has 1 aromatic rings. The molecule has 1 aliphatic rings. The molecule has 0 N–H and O–H groups in total. The van der Waals surface area contributed by atoms with Crippen LogP contribution in [-0.2, 0) is 16.0 Å². The molecule has 116 valence electrons. The highest BCUT2D eigenvalue weighted by Gasteiger charge is 2.16. The molecule has 0 aromatic heterocycles. The van der Waals surface area contributed by atoms with Gasteiger partial charge in [0.25, 0.3) is 0 Å². The van der Waals surface area contributed by atoms with Crippen LogP contribution in [0.15, 0.2) is 22.7 Å². The largest absolute Gasteiger partial charge is 0.492 e. The summed E-state index contributed by atoms with van der Waals surface area (Å²) in [4.78, 5) is 13.8. The number of hydrogen-bond donors (Lipinski definition) is 0. The molecule has 1 saturated heterocycles. The average molecular weight is 356 g/mol. The summed E-state index contributed by atoms with van der Waals surface area (Å²) in [6.07, 6.45) is 2.27. The Labute approximate surface area is 134 Å². The second kappa shape index (κ2) is 8.39. The van der Waals surface area contributed by atoms with Crippen LogP contribution < -0.4 is 4.74 Å². The van der Waals surface area contributed by atoms with Crippen molar-refractivity contribution in [3.8, 4) is 5.75 Å². The van der Waals surface area contributed by atoms with Gasteiger partial charge in [0.05, 0.1) is 24.3 Å². The van der Waals surface area contributed by atoms with E-state index in [1.807, 2.05) is 11.0 Å². The molecule has 4 nitrogen and oxygen atoms in total. The van der Waals surface area contributed by atoms with Crippen LogP contribution in [0.25, 0.3) is 0 Å². The molecule has 0 aliphatic carbocycles. The number of nitrogens with zero attached hydrogens (tertiary/aromatic N) is 1. The Morgan fingerprint density at radius 3 is 2.81 bits per heavy atom. The highest BCUT2D eigenvalue weighted by atomic mass is 79.9. The quantitative estimate of drug-likeness (QED) is 0.736. The summed E-state index contributed by atoms with van der Waals surface area (Å²) >= 11 is 3.52. The number of hydrogen-bond acceptors (Lipinski definition) is 3. The van der Waals surface area contributed by atoms with Gasteiger partial charge < -0.3 is 14.4 Å². The fourth-order valence-corrected chi connectivity index (χ4v) is 2.80. The minimum absolute atomic E-state index is 0.197. The molecule has 21 heavy (non-hydrogen) atoms. The third-order valence-corrected chi connectivity index (χ3v) is 4.18. The van der Waals surface area contributed by atoms with Crippen molar-refractivity contribution in [2.45, 2.75) is 26.2 Å². The van der Waals surface area contributed by atoms with Crippen molar-refractivity contribution in [1.29, 1.82) is 0 Å². The highest BCUT2D eigenvalue weighted by molar-refractivity contribution is 9.10. The summed E-state index contributed by atoms with van der Waals surface area (Å²) in [5, 5.41) is 0. The molecule has 0 saturated carbocycles. The number of morpholine rings is 1. The Balaban J connectivity index is 1.70. The van der Waals surface area contributed by atoms with Gasteiger partial charge in [0.1, 0.15) is 5.75 Å². The molecule has 1 aliphatic heterocycles. The minimum atomic E-state index is 0.197. The van der Waals surface area contributed by atoms with Crippen molar-refractivity contribution in [2.24, 2.45) is 0 Å². The first-order chi connectivity index (χ1) is 10.2. The van der Waals surface area contributed by atoms with Crippen molar-refractivity contribution in [3.05, 3.63) is 28.2 Å². The number of ether oxygens (including phenoxy) is 2. The fourth-order valence-electron chi connectivity index (χ4n) is 2.26. The lowest BCUT2D eigenvalue weighted by Crippen LogP contribution is -2.40. The lowest BCUT2D eigenvalue weighted by atomic mass is 10.2. The monoisotopic (exact) mass is 355 g/mol. The molecule has 1 heterocycles. The predicted molar refractivity (Wildman–Crippen MR) is 85.6 cm³/mol. The van der Waals surface area contributed by atoms with Crippen LogP contribution in [0.4, 0.5) is 0 Å². The summed E-state index contributed by atoms with van der Waals surface area (Å²) in [5.41, 5.74) is 1.27. The molecule has 0 atom stereocenters. The van der Waals surface area contributed by atoms with Gasteiger partial charge in [0, 0.05) is 19.5 Å². The second-order valence-electron chi connectivity index (χ2n) is 5.06. The summed E-state index contributed by atoms with van der Waals surface area (Å²) < 4.78 is 11.9. The van der Waals surface area contributed by atoms with Gasteiger partial charge in [-0.05, 0) is 46.5 Å². The van der Waals surface area contributed by atoms with E-state index in [0.717, 1.165) is 23.1 Å². The molecule has 1 amide bonds. The molecular weight excluding hydrogens is 334 g/mol. The van der Waals surface area contributed by atoms with E-state index in [1.54, 1.807) is 0 Å². The SMILES string of the molecule is CCc1ccc(OCCCC(=O)N2CCOCC2)c(Br)c1. The van der Waals surface area contributed by atoms with Crippen molar-refractivity contribution >= 4 is 21.8 Å². The van der Waals surface area contributed by atoms with Gasteiger partial charge in [-0.3, -0.25) is 4.79 Å². The van der Waals surface area contributed by atoms with Gasteiger partial charge in [-0.15, -0.1) is 0 Å². The van der Waals surface area contributed by atoms with Gasteiger partial charge in [0.2, 0.25) is 5.91 Å². The zero-order chi connectivity index (χ0) is 15.1. The van der Waals surface area contributed by atoms with Crippen molar-refractivity contribution in [3.63, 3.8) is 0 Å². The van der Waals surface area contributed by atoms with E-state index in [4.69, 9.17) is 9.47 Å². The number of amides is 1. The standard InChI is InChI=1S/C16H22BrNO3/c1-2-13-5-6-15(14(17)12-13)21-9-3-4-16(19)18-7-10-20-11-8-18/h5-6,12H,2-4,7-11H2,1H3. The van der Waals surface area contributed by atoms with Gasteiger partial charge in [0.15, 0.2) is 0 Å². The third-order valence-electron chi connectivity index (χ3n) is 3.56. The van der Waals surface area contributed by atoms with E-state index in [0.29, 0.717) is 39.3 Å². The number of carbonyl (C=O) groups is 1. The topological polar surface area (TPSA) is 38.8 Å². The Kier molecular flexibility index (Phi) is 6.51. The molecule has 0 spiro atoms. The van der Waals surface area contributed by atoms with Gasteiger partial charge in [-0.2, -0.15) is 0 Å². The van der Waals surface area contributed by atoms with Crippen LogP contribution in [0.3, 0.4) is 0 Å². The molecular formula is C16H22BrNO3. The summed E-state index contributed by atoms with van der Waals surface area (Å²) in [7, 11) is 0. The van der Waals surface area contributed by atoms with E-state index in [9.17, 15) is 4.79 Å². The molecule has 2 rings (SSSR count). The van der Waals surface area contributed by atoms with Gasteiger partial charge in [-0.25, -0.2) is 0 Å². The van der Waals surface area contributed by atoms with Crippen LogP contribution in [-0.4, -0.2) is 43.7 Å². The van der Waals surface area contributed by atoms with Crippen LogP contribution in [0.1, 0.15) is 25.3 Å². The van der Waals surface area contributed by atoms with Crippen molar-refractivity contribution < 1.29 is 14.3 Å². The van der Waals surface area contributed by atoms with Crippen LogP contribution >= 0.6 is 15.9 Å². The normalized spacial score (nSPS) is 15.0. The fraction of sp³-hybridized carbons (Fsp3) is 0.562. The Morgan fingerprint density at radius 1 is 1.38 bits per heavy atom. The van der Waals surface area contributed by atoms with Gasteiger partial charge >= 0.3 is 0 Å². The van der Waals surface area contributed by atoms with E-state index >= 15 is 0 Å². The second-order valence-corrected chi connectivity index (χ2v) is 5.92. The molecule has 5 heteroatoms. The first-order valence-corrected chi connectivity index (χ1v) is 8.26. The smallest absolute Gasteiger partial charge is 0.222 e. The molecule has 0 bridgehead atoms. The van der Waals surface area contributed by atoms with E-state index in [2.05, 4.69) is 35.0 Å². The summed E-state index contributed by atoms with van der Waals surface area (Å²) in [6, 6.07) is 6.12. The maximum atomic E-state index is 12.0. The average Bonchev–Trinajstić information content (AvgIpc) is 2.53. The first-order valence-electron chi connectivity index (χ1n) is 7.47. The first kappa shape index (κ1) is 16.3. The number of halogens is 1. The zero-order valence-electron chi connectivity index (χ0n) is 12.4. The number of carbonyl (C=O) groups excluding carboxylic acids is 1. The van der Waals surface area contributed by atoms with Crippen LogP contribution in [0, 0.1) is 0 Å². The lowest BCUT2D eigenvalue weighted by Gasteiger charge is -2.26. The zero-order valence-corrected chi connectivity index (χ0v) is 14.0. The lowest BCUT2D eigenvalue weighted by molar-refractivity contribution is -0.135. The van der Waals surface area contributed by atoms with E-state index < -0.39 is 0 Å². The predicted octanol–water partition coefficient (Wildman–Crippen LogP) is 3.03. The molecule has 1 fully saturated rings. The number of rotatable bonds is 6. The van der Waals surface area contributed by atoms with Crippen LogP contribution in [0.2, 0.25) is 0 Å². The van der Waals surface area contributed by atoms with E-state index in [-0.39, 0.29) is 5.91 Å². The van der Waals surface area contributed by atoms with Gasteiger partial charge in [-0.1, -0.05) is 13.0 Å². The van der Waals surface area contributed by atoms with E-state index in [1.165, 1.54) is 5.56 Å². The molecule has 0 radical (unpaired) electrons.